The molecule has 0 saturated heterocycles. The molecule has 1 atom stereocenters. The van der Waals surface area contributed by atoms with Gasteiger partial charge in [-0.05, 0) is 17.7 Å². The smallest absolute Gasteiger partial charge is 0.157 e. The van der Waals surface area contributed by atoms with E-state index in [1.807, 2.05) is 0 Å². The third-order valence-electron chi connectivity index (χ3n) is 1.61. The highest BCUT2D eigenvalue weighted by Crippen LogP contribution is 2.27. The Balaban J connectivity index is 2.96. The molecule has 1 aromatic rings. The molecule has 0 heterocycles. The Morgan fingerprint density at radius 2 is 1.92 bits per heavy atom. The van der Waals surface area contributed by atoms with Gasteiger partial charge in [-0.25, -0.2) is 0 Å². The molecule has 0 aliphatic heterocycles. The van der Waals surface area contributed by atoms with Gasteiger partial charge in [0.1, 0.15) is 0 Å². The van der Waals surface area contributed by atoms with Gasteiger partial charge in [-0.15, -0.1) is 0 Å². The number of benzene rings is 1. The molecule has 1 rings (SSSR count). The molecule has 0 bridgehead atoms. The molecule has 12 heavy (non-hydrogen) atoms. The lowest BCUT2D eigenvalue weighted by molar-refractivity contribution is 0.186. The summed E-state index contributed by atoms with van der Waals surface area (Å²) >= 11 is 0. The maximum atomic E-state index is 9.23. The van der Waals surface area contributed by atoms with Gasteiger partial charge in [-0.2, -0.15) is 0 Å². The summed E-state index contributed by atoms with van der Waals surface area (Å²) in [5, 5.41) is 27.2. The van der Waals surface area contributed by atoms with E-state index in [0.29, 0.717) is 5.56 Å². The molecule has 4 heteroatoms. The third kappa shape index (κ3) is 1.66. The fourth-order valence-electron chi connectivity index (χ4n) is 0.884. The summed E-state index contributed by atoms with van der Waals surface area (Å²) in [5.41, 5.74) is 5.69. The van der Waals surface area contributed by atoms with E-state index in [2.05, 4.69) is 0 Å². The van der Waals surface area contributed by atoms with Gasteiger partial charge >= 0.3 is 0 Å². The Labute approximate surface area is 69.9 Å². The zero-order valence-electron chi connectivity index (χ0n) is 6.44. The van der Waals surface area contributed by atoms with E-state index < -0.39 is 6.10 Å². The molecular formula is C8H11NO3. The predicted molar refractivity (Wildman–Crippen MR) is 43.8 cm³/mol. The third-order valence-corrected chi connectivity index (χ3v) is 1.61. The second-order valence-corrected chi connectivity index (χ2v) is 2.50. The Hall–Kier alpha value is -1.26. The van der Waals surface area contributed by atoms with Crippen LogP contribution < -0.4 is 5.73 Å². The summed E-state index contributed by atoms with van der Waals surface area (Å²) in [6.07, 6.45) is -0.795. The maximum absolute atomic E-state index is 9.23. The van der Waals surface area contributed by atoms with Crippen molar-refractivity contribution in [1.82, 2.24) is 0 Å². The Morgan fingerprint density at radius 1 is 1.25 bits per heavy atom. The Bertz CT molecular complexity index is 275. The van der Waals surface area contributed by atoms with Crippen LogP contribution in [0.5, 0.6) is 11.5 Å². The van der Waals surface area contributed by atoms with Crippen LogP contribution in [0.2, 0.25) is 0 Å². The highest BCUT2D eigenvalue weighted by molar-refractivity contribution is 5.41. The quantitative estimate of drug-likeness (QED) is 0.480. The number of aromatic hydroxyl groups is 2. The Morgan fingerprint density at radius 3 is 2.42 bits per heavy atom. The molecular weight excluding hydrogens is 164 g/mol. The first kappa shape index (κ1) is 8.83. The lowest BCUT2D eigenvalue weighted by Gasteiger charge is -2.08. The normalized spacial score (nSPS) is 12.8. The number of rotatable bonds is 2. The van der Waals surface area contributed by atoms with Crippen LogP contribution in [0, 0.1) is 0 Å². The highest BCUT2D eigenvalue weighted by Gasteiger charge is 2.07. The van der Waals surface area contributed by atoms with Gasteiger partial charge in [0.05, 0.1) is 6.10 Å². The number of hydrogen-bond acceptors (Lipinski definition) is 4. The van der Waals surface area contributed by atoms with Crippen LogP contribution in [0.4, 0.5) is 0 Å². The molecule has 0 fully saturated rings. The standard InChI is InChI=1S/C8H11NO3/c9-4-8(12)5-1-2-6(10)7(11)3-5/h1-3,8,10-12H,4,9H2/i1+1,2+1,3+1,5+1,6+1,7+1. The molecule has 0 amide bonds. The van der Waals surface area contributed by atoms with Crippen molar-refractivity contribution in [2.45, 2.75) is 6.10 Å². The second kappa shape index (κ2) is 3.42. The molecule has 0 aliphatic carbocycles. The highest BCUT2D eigenvalue weighted by atomic mass is 16.4. The average molecular weight is 175 g/mol. The van der Waals surface area contributed by atoms with E-state index in [0.717, 1.165) is 0 Å². The summed E-state index contributed by atoms with van der Waals surface area (Å²) in [7, 11) is 0. The van der Waals surface area contributed by atoms with Gasteiger partial charge in [0, 0.05) is 6.54 Å². The molecule has 0 spiro atoms. The van der Waals surface area contributed by atoms with Crippen molar-refractivity contribution >= 4 is 0 Å². The number of aliphatic hydroxyl groups excluding tert-OH is 1. The number of nitrogens with two attached hydrogens (primary N) is 1. The zero-order chi connectivity index (χ0) is 9.14. The fraction of sp³-hybridized carbons (Fsp3) is 0.250. The first-order valence-corrected chi connectivity index (χ1v) is 3.55. The van der Waals surface area contributed by atoms with Crippen LogP contribution in [-0.4, -0.2) is 21.9 Å². The molecule has 1 aromatic carbocycles. The topological polar surface area (TPSA) is 86.7 Å². The van der Waals surface area contributed by atoms with E-state index in [-0.39, 0.29) is 18.0 Å². The second-order valence-electron chi connectivity index (χ2n) is 2.50. The van der Waals surface area contributed by atoms with E-state index in [9.17, 15) is 5.11 Å². The largest absolute Gasteiger partial charge is 0.504 e. The van der Waals surface area contributed by atoms with E-state index >= 15 is 0 Å². The van der Waals surface area contributed by atoms with Gasteiger partial charge < -0.3 is 21.1 Å². The van der Waals surface area contributed by atoms with E-state index in [4.69, 9.17) is 15.9 Å². The van der Waals surface area contributed by atoms with Gasteiger partial charge in [-0.3, -0.25) is 0 Å². The molecule has 0 aromatic heterocycles. The molecule has 0 saturated carbocycles. The fourth-order valence-corrected chi connectivity index (χ4v) is 0.884. The summed E-state index contributed by atoms with van der Waals surface area (Å²) in [6, 6.07) is 4.10. The number of phenolic OH excluding ortho intramolecular Hbond substituents is 2. The van der Waals surface area contributed by atoms with E-state index in [1.165, 1.54) is 18.2 Å². The average Bonchev–Trinajstić information content (AvgIpc) is 2.08. The summed E-state index contributed by atoms with van der Waals surface area (Å²) in [5.74, 6) is -0.456. The van der Waals surface area contributed by atoms with Gasteiger partial charge in [0.2, 0.25) is 0 Å². The maximum Gasteiger partial charge on any atom is 0.157 e. The predicted octanol–water partition coefficient (Wildman–Crippen LogP) is 0.0899. The summed E-state index contributed by atoms with van der Waals surface area (Å²) < 4.78 is 0. The number of hydrogen-bond donors (Lipinski definition) is 4. The molecule has 0 aliphatic rings. The monoisotopic (exact) mass is 175 g/mol. The minimum atomic E-state index is -0.795. The Kier molecular flexibility index (Phi) is 2.52. The first-order chi connectivity index (χ1) is 5.65. The number of aliphatic hydroxyl groups is 1. The van der Waals surface area contributed by atoms with Crippen molar-refractivity contribution in [3.63, 3.8) is 0 Å². The van der Waals surface area contributed by atoms with E-state index in [1.54, 1.807) is 0 Å². The SMILES string of the molecule is NCC(O)[13c]1[13cH][13cH][13c](O)[13c](O)[13cH]1. The van der Waals surface area contributed by atoms with Gasteiger partial charge in [0.15, 0.2) is 11.5 Å². The summed E-state index contributed by atoms with van der Waals surface area (Å²) in [6.45, 7) is 0.0875. The van der Waals surface area contributed by atoms with Crippen LogP contribution >= 0.6 is 0 Å². The van der Waals surface area contributed by atoms with Crippen LogP contribution in [-0.2, 0) is 0 Å². The lowest BCUT2D eigenvalue weighted by atomic mass is 10.5. The minimum absolute atomic E-state index is 0.0875. The van der Waals surface area contributed by atoms with Crippen molar-refractivity contribution in [2.75, 3.05) is 6.54 Å². The van der Waals surface area contributed by atoms with Crippen molar-refractivity contribution in [3.05, 3.63) is 23.8 Å². The summed E-state index contributed by atoms with van der Waals surface area (Å²) in [4.78, 5) is 0. The minimum Gasteiger partial charge on any atom is -0.504 e. The van der Waals surface area contributed by atoms with Crippen LogP contribution in [0.25, 0.3) is 0 Å². The first-order valence-electron chi connectivity index (χ1n) is 3.55. The van der Waals surface area contributed by atoms with Crippen molar-refractivity contribution in [3.8, 4) is 11.5 Å². The van der Waals surface area contributed by atoms with Crippen LogP contribution in [0.1, 0.15) is 11.7 Å². The van der Waals surface area contributed by atoms with Crippen LogP contribution in [0.15, 0.2) is 18.2 Å². The number of phenols is 2. The van der Waals surface area contributed by atoms with Gasteiger partial charge in [0.25, 0.3) is 0 Å². The molecule has 4 nitrogen and oxygen atoms in total. The zero-order valence-corrected chi connectivity index (χ0v) is 6.44. The molecule has 0 radical (unpaired) electrons. The van der Waals surface area contributed by atoms with Gasteiger partial charge in [-0.1, -0.05) is 6.07 Å². The molecule has 1 unspecified atom stereocenters. The molecule has 66 valence electrons. The van der Waals surface area contributed by atoms with Crippen molar-refractivity contribution in [2.24, 2.45) is 5.73 Å². The lowest BCUT2D eigenvalue weighted by Crippen LogP contribution is -2.11. The van der Waals surface area contributed by atoms with Crippen molar-refractivity contribution in [1.29, 1.82) is 0 Å². The van der Waals surface area contributed by atoms with Crippen molar-refractivity contribution < 1.29 is 15.3 Å². The van der Waals surface area contributed by atoms with Crippen LogP contribution in [0.3, 0.4) is 0 Å². The molecule has 5 N–H and O–H groups in total.